The molecule has 5 heterocycles. The maximum Gasteiger partial charge on any atom is 0.197 e. The molecule has 2 aliphatic heterocycles. The SMILES string of the molecule is COCC1CN(c2cc(F)cc(N3CCc4nc(-c5ncccn5)ncc4C3C)n2)CCO1. The molecule has 0 N–H and O–H groups in total. The van der Waals surface area contributed by atoms with Crippen LogP contribution in [0.3, 0.4) is 0 Å². The molecule has 0 amide bonds. The first-order valence-electron chi connectivity index (χ1n) is 11.1. The van der Waals surface area contributed by atoms with Crippen LogP contribution in [0.1, 0.15) is 24.2 Å². The molecule has 5 rings (SSSR count). The molecular weight excluding hydrogens is 425 g/mol. The van der Waals surface area contributed by atoms with Gasteiger partial charge in [-0.15, -0.1) is 0 Å². The third-order valence-electron chi connectivity index (χ3n) is 6.05. The van der Waals surface area contributed by atoms with Crippen LogP contribution in [0.5, 0.6) is 0 Å². The molecule has 0 radical (unpaired) electrons. The highest BCUT2D eigenvalue weighted by Crippen LogP contribution is 2.33. The highest BCUT2D eigenvalue weighted by atomic mass is 19.1. The average Bonchev–Trinajstić information content (AvgIpc) is 2.84. The zero-order valence-corrected chi connectivity index (χ0v) is 18.7. The number of halogens is 1. The van der Waals surface area contributed by atoms with Gasteiger partial charge in [0, 0.05) is 69.5 Å². The third kappa shape index (κ3) is 4.49. The number of fused-ring (bicyclic) bond motifs is 1. The van der Waals surface area contributed by atoms with Crippen LogP contribution in [0.4, 0.5) is 16.0 Å². The summed E-state index contributed by atoms with van der Waals surface area (Å²) in [4.78, 5) is 26.6. The van der Waals surface area contributed by atoms with Gasteiger partial charge in [0.05, 0.1) is 31.1 Å². The van der Waals surface area contributed by atoms with Crippen LogP contribution in [-0.4, -0.2) is 71.0 Å². The van der Waals surface area contributed by atoms with E-state index in [4.69, 9.17) is 19.4 Å². The molecule has 1 fully saturated rings. The van der Waals surface area contributed by atoms with Gasteiger partial charge in [-0.1, -0.05) is 0 Å². The highest BCUT2D eigenvalue weighted by molar-refractivity contribution is 5.53. The van der Waals surface area contributed by atoms with Gasteiger partial charge >= 0.3 is 0 Å². The topological polar surface area (TPSA) is 89.4 Å². The second-order valence-electron chi connectivity index (χ2n) is 8.18. The number of morpholine rings is 1. The monoisotopic (exact) mass is 451 g/mol. The Labute approximate surface area is 191 Å². The zero-order valence-electron chi connectivity index (χ0n) is 18.7. The summed E-state index contributed by atoms with van der Waals surface area (Å²) in [5.74, 6) is 1.92. The fourth-order valence-electron chi connectivity index (χ4n) is 4.39. The van der Waals surface area contributed by atoms with Crippen molar-refractivity contribution in [1.82, 2.24) is 24.9 Å². The van der Waals surface area contributed by atoms with E-state index < -0.39 is 0 Å². The molecule has 2 atom stereocenters. The second kappa shape index (κ2) is 9.32. The summed E-state index contributed by atoms with van der Waals surface area (Å²) in [5.41, 5.74) is 1.96. The van der Waals surface area contributed by atoms with E-state index in [0.29, 0.717) is 62.6 Å². The normalized spacial score (nSPS) is 20.6. The maximum absolute atomic E-state index is 14.7. The Hall–Kier alpha value is -3.24. The van der Waals surface area contributed by atoms with Gasteiger partial charge in [-0.3, -0.25) is 0 Å². The predicted molar refractivity (Wildman–Crippen MR) is 121 cm³/mol. The molecular formula is C23H26FN7O2. The van der Waals surface area contributed by atoms with Gasteiger partial charge < -0.3 is 19.3 Å². The summed E-state index contributed by atoms with van der Waals surface area (Å²) < 4.78 is 25.6. The van der Waals surface area contributed by atoms with Gasteiger partial charge in [0.15, 0.2) is 11.6 Å². The molecule has 0 spiro atoms. The number of methoxy groups -OCH3 is 1. The zero-order chi connectivity index (χ0) is 22.8. The minimum Gasteiger partial charge on any atom is -0.382 e. The largest absolute Gasteiger partial charge is 0.382 e. The molecule has 0 bridgehead atoms. The fraction of sp³-hybridized carbons (Fsp3) is 0.435. The summed E-state index contributed by atoms with van der Waals surface area (Å²) in [5, 5.41) is 0. The van der Waals surface area contributed by atoms with Crippen LogP contribution in [0.25, 0.3) is 11.6 Å². The van der Waals surface area contributed by atoms with Crippen LogP contribution in [-0.2, 0) is 15.9 Å². The molecule has 2 aliphatic rings. The molecule has 0 aromatic carbocycles. The van der Waals surface area contributed by atoms with Crippen molar-refractivity contribution < 1.29 is 13.9 Å². The summed E-state index contributed by atoms with van der Waals surface area (Å²) in [6, 6.07) is 4.69. The number of aromatic nitrogens is 5. The Morgan fingerprint density at radius 2 is 1.91 bits per heavy atom. The van der Waals surface area contributed by atoms with Crippen LogP contribution in [0.15, 0.2) is 36.8 Å². The summed E-state index contributed by atoms with van der Waals surface area (Å²) in [6.45, 7) is 5.06. The average molecular weight is 452 g/mol. The number of ether oxygens (including phenoxy) is 2. The third-order valence-corrected chi connectivity index (χ3v) is 6.05. The van der Waals surface area contributed by atoms with Crippen molar-refractivity contribution in [2.45, 2.75) is 25.5 Å². The van der Waals surface area contributed by atoms with Crippen LogP contribution >= 0.6 is 0 Å². The number of anilines is 2. The summed E-state index contributed by atoms with van der Waals surface area (Å²) in [6.07, 6.45) is 5.81. The lowest BCUT2D eigenvalue weighted by Crippen LogP contribution is -2.45. The van der Waals surface area contributed by atoms with Crippen molar-refractivity contribution >= 4 is 11.6 Å². The lowest BCUT2D eigenvalue weighted by Gasteiger charge is -2.37. The summed E-state index contributed by atoms with van der Waals surface area (Å²) in [7, 11) is 1.65. The molecule has 3 aromatic heterocycles. The van der Waals surface area contributed by atoms with E-state index in [1.54, 1.807) is 25.6 Å². The van der Waals surface area contributed by atoms with Crippen molar-refractivity contribution in [1.29, 1.82) is 0 Å². The van der Waals surface area contributed by atoms with E-state index >= 15 is 0 Å². The van der Waals surface area contributed by atoms with Crippen molar-refractivity contribution in [2.75, 3.05) is 49.8 Å². The minimum atomic E-state index is -0.310. The van der Waals surface area contributed by atoms with E-state index in [9.17, 15) is 4.39 Å². The van der Waals surface area contributed by atoms with Gasteiger partial charge in [-0.05, 0) is 13.0 Å². The first kappa shape index (κ1) is 21.6. The van der Waals surface area contributed by atoms with E-state index in [-0.39, 0.29) is 18.0 Å². The first-order chi connectivity index (χ1) is 16.1. The van der Waals surface area contributed by atoms with Crippen molar-refractivity contribution in [3.8, 4) is 11.6 Å². The highest BCUT2D eigenvalue weighted by Gasteiger charge is 2.29. The van der Waals surface area contributed by atoms with E-state index in [0.717, 1.165) is 11.3 Å². The van der Waals surface area contributed by atoms with Gasteiger partial charge in [0.25, 0.3) is 0 Å². The van der Waals surface area contributed by atoms with Crippen molar-refractivity contribution in [3.05, 3.63) is 53.9 Å². The molecule has 3 aromatic rings. The minimum absolute atomic E-state index is 0.0485. The van der Waals surface area contributed by atoms with Crippen LogP contribution in [0, 0.1) is 5.82 Å². The van der Waals surface area contributed by atoms with Gasteiger partial charge in [0.2, 0.25) is 0 Å². The first-order valence-corrected chi connectivity index (χ1v) is 11.1. The van der Waals surface area contributed by atoms with Gasteiger partial charge in [0.1, 0.15) is 17.5 Å². The van der Waals surface area contributed by atoms with E-state index in [1.165, 1.54) is 12.1 Å². The van der Waals surface area contributed by atoms with Crippen molar-refractivity contribution in [3.63, 3.8) is 0 Å². The Bertz CT molecular complexity index is 1120. The number of nitrogens with zero attached hydrogens (tertiary/aromatic N) is 7. The van der Waals surface area contributed by atoms with Gasteiger partial charge in [-0.25, -0.2) is 29.3 Å². The van der Waals surface area contributed by atoms with E-state index in [2.05, 4.69) is 31.7 Å². The van der Waals surface area contributed by atoms with Crippen LogP contribution < -0.4 is 9.80 Å². The van der Waals surface area contributed by atoms with Crippen LogP contribution in [0.2, 0.25) is 0 Å². The molecule has 9 nitrogen and oxygen atoms in total. The number of hydrogen-bond acceptors (Lipinski definition) is 9. The Morgan fingerprint density at radius 3 is 2.73 bits per heavy atom. The number of hydrogen-bond donors (Lipinski definition) is 0. The van der Waals surface area contributed by atoms with E-state index in [1.807, 2.05) is 6.20 Å². The molecule has 33 heavy (non-hydrogen) atoms. The molecule has 172 valence electrons. The van der Waals surface area contributed by atoms with Gasteiger partial charge in [-0.2, -0.15) is 0 Å². The lowest BCUT2D eigenvalue weighted by atomic mass is 9.99. The molecule has 0 aliphatic carbocycles. The smallest absolute Gasteiger partial charge is 0.197 e. The maximum atomic E-state index is 14.7. The molecule has 1 saturated heterocycles. The fourth-order valence-corrected chi connectivity index (χ4v) is 4.39. The second-order valence-corrected chi connectivity index (χ2v) is 8.18. The lowest BCUT2D eigenvalue weighted by molar-refractivity contribution is -0.0102. The molecule has 0 saturated carbocycles. The Kier molecular flexibility index (Phi) is 6.10. The molecule has 2 unspecified atom stereocenters. The predicted octanol–water partition coefficient (Wildman–Crippen LogP) is 2.44. The standard InChI is InChI=1S/C23H26FN7O2/c1-15-18-12-27-23(22-25-5-3-6-26-22)28-19(18)4-7-31(15)21-11-16(24)10-20(29-21)30-8-9-33-17(13-30)14-32-2/h3,5-6,10-12,15,17H,4,7-9,13-14H2,1-2H3. The number of rotatable bonds is 5. The summed E-state index contributed by atoms with van der Waals surface area (Å²) >= 11 is 0. The quantitative estimate of drug-likeness (QED) is 0.580. The Balaban J connectivity index is 1.39. The number of pyridine rings is 1. The Morgan fingerprint density at radius 1 is 1.09 bits per heavy atom. The van der Waals surface area contributed by atoms with Crippen molar-refractivity contribution in [2.24, 2.45) is 0 Å². The molecule has 10 heteroatoms.